The summed E-state index contributed by atoms with van der Waals surface area (Å²) in [6, 6.07) is 0.368. The molecule has 0 heterocycles. The molecule has 1 amide bonds. The zero-order chi connectivity index (χ0) is 7.70. The summed E-state index contributed by atoms with van der Waals surface area (Å²) < 4.78 is 4.36. The van der Waals surface area contributed by atoms with Gasteiger partial charge in [0.15, 0.2) is 0 Å². The van der Waals surface area contributed by atoms with Gasteiger partial charge in [0.2, 0.25) is 0 Å². The van der Waals surface area contributed by atoms with Crippen molar-refractivity contribution in [2.24, 2.45) is 5.73 Å². The Morgan fingerprint density at radius 1 is 1.56 bits per heavy atom. The van der Waals surface area contributed by atoms with Crippen LogP contribution in [-0.2, 0) is 4.74 Å². The summed E-state index contributed by atoms with van der Waals surface area (Å²) in [7, 11) is 0. The fourth-order valence-corrected chi connectivity index (χ4v) is 0.262. The number of halogens is 2. The third-order valence-electron chi connectivity index (χ3n) is 0.154. The van der Waals surface area contributed by atoms with E-state index in [9.17, 15) is 0 Å². The van der Waals surface area contributed by atoms with Gasteiger partial charge in [0.05, 0.1) is 0 Å². The highest BCUT2D eigenvalue weighted by molar-refractivity contribution is 6.18. The zero-order valence-corrected chi connectivity index (χ0v) is 6.02. The molecule has 0 aliphatic heterocycles. The van der Waals surface area contributed by atoms with E-state index in [1.807, 2.05) is 0 Å². The number of amides is 1. The van der Waals surface area contributed by atoms with Gasteiger partial charge >= 0.3 is 6.09 Å². The highest BCUT2D eigenvalue weighted by atomic mass is 35.5. The maximum absolute atomic E-state index is 8.78. The minimum Gasteiger partial charge on any atom is -0.465 e. The summed E-state index contributed by atoms with van der Waals surface area (Å²) in [5.41, 5.74) is 4.03. The lowest BCUT2D eigenvalue weighted by Crippen LogP contribution is -2.03. The van der Waals surface area contributed by atoms with Gasteiger partial charge in [-0.25, -0.2) is 4.79 Å². The number of primary amides is 1. The number of ether oxygens (including phenoxy) is 1. The third-order valence-corrected chi connectivity index (χ3v) is 0.463. The number of alkyl halides is 2. The van der Waals surface area contributed by atoms with Crippen LogP contribution in [0.15, 0.2) is 0 Å². The fraction of sp³-hybridized carbons (Fsp3) is 0.667. The van der Waals surface area contributed by atoms with Crippen LogP contribution in [-0.4, -0.2) is 23.3 Å². The number of hydrogen-bond acceptors (Lipinski definition) is 2. The highest BCUT2D eigenvalue weighted by Crippen LogP contribution is 1.79. The van der Waals surface area contributed by atoms with E-state index in [0.717, 1.165) is 0 Å². The summed E-state index contributed by atoms with van der Waals surface area (Å²) >= 11 is 9.99. The van der Waals surface area contributed by atoms with E-state index < -0.39 is 6.09 Å². The van der Waals surface area contributed by atoms with E-state index in [4.69, 9.17) is 33.1 Å². The van der Waals surface area contributed by atoms with Gasteiger partial charge in [-0.15, -0.1) is 0 Å². The van der Waals surface area contributed by atoms with Gasteiger partial charge in [0.1, 0.15) is 12.1 Å². The predicted molar refractivity (Wildman–Crippen MR) is 34.7 cm³/mol. The molecule has 0 rings (SSSR count). The lowest BCUT2D eigenvalue weighted by Gasteiger charge is -1.82. The molecule has 56 valence electrons. The normalized spacial score (nSPS) is 7.33. The van der Waals surface area contributed by atoms with E-state index in [1.54, 1.807) is 0 Å². The molecule has 0 aliphatic rings. The SMILES string of the molecule is ClCOCCl.NC(=O)O. The van der Waals surface area contributed by atoms with Crippen LogP contribution in [0.1, 0.15) is 0 Å². The molecule has 9 heavy (non-hydrogen) atoms. The van der Waals surface area contributed by atoms with Crippen LogP contribution in [0.2, 0.25) is 0 Å². The molecule has 0 saturated carbocycles. The van der Waals surface area contributed by atoms with Crippen LogP contribution in [0.4, 0.5) is 4.79 Å². The van der Waals surface area contributed by atoms with Crippen molar-refractivity contribution in [3.63, 3.8) is 0 Å². The molecule has 3 N–H and O–H groups in total. The number of carboxylic acid groups (broad SMARTS) is 1. The maximum atomic E-state index is 8.78. The predicted octanol–water partition coefficient (Wildman–Crippen LogP) is 1.02. The molecule has 0 unspecified atom stereocenters. The smallest absolute Gasteiger partial charge is 0.402 e. The summed E-state index contributed by atoms with van der Waals surface area (Å²) in [6.07, 6.45) is -1.33. The Hall–Kier alpha value is -0.190. The molecule has 0 aromatic heterocycles. The fourth-order valence-electron chi connectivity index (χ4n) is 0.0292. The Morgan fingerprint density at radius 3 is 1.78 bits per heavy atom. The quantitative estimate of drug-likeness (QED) is 0.616. The Kier molecular flexibility index (Phi) is 13.8. The molecule has 0 spiro atoms. The first kappa shape index (κ1) is 11.6. The van der Waals surface area contributed by atoms with Crippen LogP contribution in [0.5, 0.6) is 0 Å². The summed E-state index contributed by atoms with van der Waals surface area (Å²) in [4.78, 5) is 8.78. The summed E-state index contributed by atoms with van der Waals surface area (Å²) in [6.45, 7) is 0. The third kappa shape index (κ3) is 80.5. The maximum Gasteiger partial charge on any atom is 0.402 e. The first-order chi connectivity index (χ1) is 4.15. The van der Waals surface area contributed by atoms with Crippen molar-refractivity contribution in [3.8, 4) is 0 Å². The van der Waals surface area contributed by atoms with Crippen LogP contribution < -0.4 is 5.73 Å². The standard InChI is InChI=1S/C2H4Cl2O.CH3NO2/c3-1-5-2-4;2-1(3)4/h1-2H2;2H2,(H,3,4). The Balaban J connectivity index is 0. The average Bonchev–Trinajstić information content (AvgIpc) is 1.66. The largest absolute Gasteiger partial charge is 0.465 e. The van der Waals surface area contributed by atoms with E-state index in [0.29, 0.717) is 0 Å². The van der Waals surface area contributed by atoms with Gasteiger partial charge in [0, 0.05) is 0 Å². The summed E-state index contributed by atoms with van der Waals surface area (Å²) in [5, 5.41) is 7.19. The van der Waals surface area contributed by atoms with Crippen molar-refractivity contribution in [2.45, 2.75) is 0 Å². The van der Waals surface area contributed by atoms with Crippen LogP contribution in [0, 0.1) is 0 Å². The van der Waals surface area contributed by atoms with Crippen molar-refractivity contribution in [2.75, 3.05) is 12.1 Å². The first-order valence-electron chi connectivity index (χ1n) is 1.83. The van der Waals surface area contributed by atoms with Crippen molar-refractivity contribution < 1.29 is 14.6 Å². The molecule has 0 aromatic rings. The molecule has 0 aromatic carbocycles. The zero-order valence-electron chi connectivity index (χ0n) is 4.51. The monoisotopic (exact) mass is 175 g/mol. The van der Waals surface area contributed by atoms with Crippen LogP contribution in [0.3, 0.4) is 0 Å². The van der Waals surface area contributed by atoms with Gasteiger partial charge in [-0.3, -0.25) is 0 Å². The van der Waals surface area contributed by atoms with Gasteiger partial charge < -0.3 is 15.6 Å². The van der Waals surface area contributed by atoms with E-state index in [-0.39, 0.29) is 12.1 Å². The molecule has 0 radical (unpaired) electrons. The molecule has 0 bridgehead atoms. The minimum atomic E-state index is -1.33. The van der Waals surface area contributed by atoms with Crippen molar-refractivity contribution >= 4 is 29.3 Å². The Morgan fingerprint density at radius 2 is 1.78 bits per heavy atom. The molecule has 0 saturated heterocycles. The second-order valence-corrected chi connectivity index (χ2v) is 1.20. The molecular weight excluding hydrogens is 169 g/mol. The van der Waals surface area contributed by atoms with Crippen molar-refractivity contribution in [1.82, 2.24) is 0 Å². The molecular formula is C3H7Cl2NO3. The molecule has 0 aliphatic carbocycles. The molecule has 0 atom stereocenters. The Bertz CT molecular complexity index is 64.1. The second-order valence-electron chi connectivity index (χ2n) is 0.761. The van der Waals surface area contributed by atoms with Crippen LogP contribution >= 0.6 is 23.2 Å². The highest BCUT2D eigenvalue weighted by Gasteiger charge is 1.68. The Labute approximate surface area is 62.5 Å². The van der Waals surface area contributed by atoms with Gasteiger partial charge in [0.25, 0.3) is 0 Å². The van der Waals surface area contributed by atoms with Crippen molar-refractivity contribution in [3.05, 3.63) is 0 Å². The first-order valence-corrected chi connectivity index (χ1v) is 2.90. The van der Waals surface area contributed by atoms with E-state index >= 15 is 0 Å². The van der Waals surface area contributed by atoms with E-state index in [1.165, 1.54) is 0 Å². The lowest BCUT2D eigenvalue weighted by atomic mass is 11.3. The van der Waals surface area contributed by atoms with Crippen LogP contribution in [0.25, 0.3) is 0 Å². The van der Waals surface area contributed by atoms with Crippen molar-refractivity contribution in [1.29, 1.82) is 0 Å². The van der Waals surface area contributed by atoms with E-state index in [2.05, 4.69) is 10.5 Å². The van der Waals surface area contributed by atoms with Gasteiger partial charge in [-0.05, 0) is 0 Å². The molecule has 0 fully saturated rings. The number of nitrogens with two attached hydrogens (primary N) is 1. The number of hydrogen-bond donors (Lipinski definition) is 2. The minimum absolute atomic E-state index is 0.184. The lowest BCUT2D eigenvalue weighted by molar-refractivity contribution is 0.205. The second kappa shape index (κ2) is 10.7. The molecule has 6 heteroatoms. The topological polar surface area (TPSA) is 72.5 Å². The van der Waals surface area contributed by atoms with Gasteiger partial charge in [-0.2, -0.15) is 0 Å². The number of carbonyl (C=O) groups is 1. The molecule has 4 nitrogen and oxygen atoms in total. The average molecular weight is 176 g/mol. The number of rotatable bonds is 2. The summed E-state index contributed by atoms with van der Waals surface area (Å²) in [5.74, 6) is 0. The van der Waals surface area contributed by atoms with Gasteiger partial charge in [-0.1, -0.05) is 23.2 Å².